The number of carbonyl (C=O) groups is 2. The van der Waals surface area contributed by atoms with E-state index >= 15 is 0 Å². The molecular formula is C40H36N2O2. The summed E-state index contributed by atoms with van der Waals surface area (Å²) in [5.74, 6) is 0.0642. The first-order valence-electron chi connectivity index (χ1n) is 16.0. The van der Waals surface area contributed by atoms with Gasteiger partial charge >= 0.3 is 0 Å². The van der Waals surface area contributed by atoms with Crippen LogP contribution in [-0.2, 0) is 22.7 Å². The van der Waals surface area contributed by atoms with E-state index < -0.39 is 0 Å². The van der Waals surface area contributed by atoms with Crippen LogP contribution in [0.1, 0.15) is 66.7 Å². The fourth-order valence-electron chi connectivity index (χ4n) is 7.95. The number of carbonyl (C=O) groups excluding carboxylic acids is 2. The molecular weight excluding hydrogens is 540 g/mol. The molecule has 2 heterocycles. The Morgan fingerprint density at radius 2 is 1.30 bits per heavy atom. The molecule has 4 aromatic carbocycles. The molecule has 0 atom stereocenters. The number of nitrogens with zero attached hydrogens (tertiary/aromatic N) is 2. The Hall–Kier alpha value is -4.70. The van der Waals surface area contributed by atoms with E-state index in [1.807, 2.05) is 6.07 Å². The van der Waals surface area contributed by atoms with E-state index in [-0.39, 0.29) is 17.5 Å². The summed E-state index contributed by atoms with van der Waals surface area (Å²) in [7, 11) is 0. The van der Waals surface area contributed by atoms with E-state index in [2.05, 4.69) is 108 Å². The molecule has 4 nitrogen and oxygen atoms in total. The molecule has 0 saturated carbocycles. The van der Waals surface area contributed by atoms with Crippen LogP contribution in [0.4, 0.5) is 0 Å². The lowest BCUT2D eigenvalue weighted by Crippen LogP contribution is -2.38. The molecule has 0 radical (unpaired) electrons. The molecule has 0 saturated heterocycles. The summed E-state index contributed by atoms with van der Waals surface area (Å²) >= 11 is 0. The van der Waals surface area contributed by atoms with Crippen molar-refractivity contribution in [3.8, 4) is 0 Å². The van der Waals surface area contributed by atoms with Crippen molar-refractivity contribution in [2.75, 3.05) is 0 Å². The van der Waals surface area contributed by atoms with Crippen molar-refractivity contribution >= 4 is 33.2 Å². The van der Waals surface area contributed by atoms with Gasteiger partial charge in [-0.25, -0.2) is 0 Å². The Morgan fingerprint density at radius 1 is 0.659 bits per heavy atom. The molecule has 0 fully saturated rings. The third-order valence-corrected chi connectivity index (χ3v) is 10.0. The summed E-state index contributed by atoms with van der Waals surface area (Å²) in [5.41, 5.74) is 9.95. The minimum atomic E-state index is -0.326. The molecule has 4 heteroatoms. The minimum Gasteiger partial charge on any atom is -0.343 e. The highest BCUT2D eigenvalue weighted by atomic mass is 16.1. The van der Waals surface area contributed by atoms with Gasteiger partial charge in [0.2, 0.25) is 0 Å². The average molecular weight is 577 g/mol. The maximum atomic E-state index is 14.0. The second-order valence-electron chi connectivity index (χ2n) is 12.6. The third kappa shape index (κ3) is 4.35. The molecule has 0 amide bonds. The van der Waals surface area contributed by atoms with Crippen molar-refractivity contribution in [1.82, 2.24) is 9.47 Å². The maximum absolute atomic E-state index is 14.0. The first kappa shape index (κ1) is 26.9. The minimum absolute atomic E-state index is 0.195. The lowest BCUT2D eigenvalue weighted by atomic mass is 9.71. The molecule has 0 N–H and O–H groups in total. The molecule has 44 heavy (non-hydrogen) atoms. The number of aromatic nitrogens is 1. The van der Waals surface area contributed by atoms with E-state index in [0.717, 1.165) is 71.2 Å². The van der Waals surface area contributed by atoms with Gasteiger partial charge in [0.25, 0.3) is 0 Å². The van der Waals surface area contributed by atoms with Crippen molar-refractivity contribution < 1.29 is 9.59 Å². The number of benzene rings is 4. The Kier molecular flexibility index (Phi) is 6.59. The Bertz CT molecular complexity index is 1980. The van der Waals surface area contributed by atoms with Gasteiger partial charge in [-0.2, -0.15) is 0 Å². The van der Waals surface area contributed by atoms with Gasteiger partial charge in [-0.3, -0.25) is 9.59 Å². The Labute approximate surface area is 258 Å². The monoisotopic (exact) mass is 576 g/mol. The predicted molar refractivity (Wildman–Crippen MR) is 176 cm³/mol. The van der Waals surface area contributed by atoms with Crippen molar-refractivity contribution in [2.24, 2.45) is 0 Å². The first-order valence-corrected chi connectivity index (χ1v) is 16.0. The standard InChI is InChI=1S/C40H36N2O2/c1-26-21-22-28-13-5-6-14-29(28)31(26)24-41-25-32(30-15-7-8-16-33(30)41)38-39-34(17-9-19-36(39)43)42(23-27-11-3-2-4-12-27)35-18-10-20-37(44)40(35)38/h2-8,11-16,21-22,25,38H,9-10,17-20,23-24H2,1H3. The largest absolute Gasteiger partial charge is 0.343 e. The fourth-order valence-corrected chi connectivity index (χ4v) is 7.95. The zero-order valence-corrected chi connectivity index (χ0v) is 25.2. The topological polar surface area (TPSA) is 42.3 Å². The molecule has 8 rings (SSSR count). The van der Waals surface area contributed by atoms with Crippen molar-refractivity contribution in [1.29, 1.82) is 0 Å². The van der Waals surface area contributed by atoms with Gasteiger partial charge in [0.05, 0.1) is 0 Å². The molecule has 218 valence electrons. The smallest absolute Gasteiger partial charge is 0.161 e. The normalized spacial score (nSPS) is 17.5. The van der Waals surface area contributed by atoms with E-state index in [0.29, 0.717) is 19.4 Å². The predicted octanol–water partition coefficient (Wildman–Crippen LogP) is 8.76. The van der Waals surface area contributed by atoms with Crippen LogP contribution in [0, 0.1) is 6.92 Å². The number of Topliss-reactive ketones (excluding diaryl/α,β-unsaturated/α-hetero) is 2. The SMILES string of the molecule is Cc1ccc2ccccc2c1Cn1cc(C2C3=C(CCCC3=O)N(Cc3ccccc3)C3=C2C(=O)CCC3)c2ccccc21. The molecule has 0 spiro atoms. The highest BCUT2D eigenvalue weighted by molar-refractivity contribution is 6.07. The average Bonchev–Trinajstić information content (AvgIpc) is 3.41. The van der Waals surface area contributed by atoms with Gasteiger partial charge < -0.3 is 9.47 Å². The van der Waals surface area contributed by atoms with Crippen molar-refractivity contribution in [3.05, 3.63) is 142 Å². The summed E-state index contributed by atoms with van der Waals surface area (Å²) in [5, 5.41) is 3.63. The number of allylic oxidation sites excluding steroid dienone is 4. The van der Waals surface area contributed by atoms with Gasteiger partial charge in [-0.1, -0.05) is 84.9 Å². The number of hydrogen-bond donors (Lipinski definition) is 0. The van der Waals surface area contributed by atoms with Crippen LogP contribution < -0.4 is 0 Å². The van der Waals surface area contributed by atoms with Crippen molar-refractivity contribution in [2.45, 2.75) is 64.5 Å². The number of ketones is 2. The number of hydrogen-bond acceptors (Lipinski definition) is 3. The number of para-hydroxylation sites is 1. The fraction of sp³-hybridized carbons (Fsp3) is 0.250. The second kappa shape index (κ2) is 10.8. The van der Waals surface area contributed by atoms with Crippen LogP contribution in [-0.4, -0.2) is 21.0 Å². The molecule has 0 bridgehead atoms. The van der Waals surface area contributed by atoms with Gasteiger partial charge in [0.1, 0.15) is 0 Å². The summed E-state index contributed by atoms with van der Waals surface area (Å²) < 4.78 is 2.34. The Balaban J connectivity index is 1.33. The lowest BCUT2D eigenvalue weighted by molar-refractivity contribution is -0.117. The summed E-state index contributed by atoms with van der Waals surface area (Å²) in [6.45, 7) is 3.60. The van der Waals surface area contributed by atoms with Crippen LogP contribution in [0.5, 0.6) is 0 Å². The number of rotatable bonds is 5. The van der Waals surface area contributed by atoms with Gasteiger partial charge in [0, 0.05) is 71.5 Å². The molecule has 0 unspecified atom stereocenters. The molecule has 1 aromatic heterocycles. The maximum Gasteiger partial charge on any atom is 0.161 e. The van der Waals surface area contributed by atoms with Crippen LogP contribution in [0.3, 0.4) is 0 Å². The summed E-state index contributed by atoms with van der Waals surface area (Å²) in [6.07, 6.45) is 6.77. The van der Waals surface area contributed by atoms with Gasteiger partial charge in [-0.05, 0) is 71.7 Å². The second-order valence-corrected chi connectivity index (χ2v) is 12.6. The third-order valence-electron chi connectivity index (χ3n) is 10.0. The first-order chi connectivity index (χ1) is 21.6. The van der Waals surface area contributed by atoms with E-state index in [4.69, 9.17) is 0 Å². The van der Waals surface area contributed by atoms with E-state index in [9.17, 15) is 9.59 Å². The summed E-state index contributed by atoms with van der Waals surface area (Å²) in [6, 6.07) is 32.0. The van der Waals surface area contributed by atoms with Crippen LogP contribution in [0.15, 0.2) is 120 Å². The summed E-state index contributed by atoms with van der Waals surface area (Å²) in [4.78, 5) is 30.3. The highest BCUT2D eigenvalue weighted by Crippen LogP contribution is 2.51. The zero-order valence-electron chi connectivity index (χ0n) is 25.2. The van der Waals surface area contributed by atoms with Crippen molar-refractivity contribution in [3.63, 3.8) is 0 Å². The molecule has 3 aliphatic rings. The Morgan fingerprint density at radius 3 is 2.02 bits per heavy atom. The van der Waals surface area contributed by atoms with Crippen LogP contribution in [0.2, 0.25) is 0 Å². The van der Waals surface area contributed by atoms with Gasteiger partial charge in [0.15, 0.2) is 11.6 Å². The van der Waals surface area contributed by atoms with E-state index in [1.165, 1.54) is 27.5 Å². The quantitative estimate of drug-likeness (QED) is 0.210. The molecule has 1 aliphatic heterocycles. The molecule has 2 aliphatic carbocycles. The van der Waals surface area contributed by atoms with Crippen LogP contribution in [0.25, 0.3) is 21.7 Å². The van der Waals surface area contributed by atoms with E-state index in [1.54, 1.807) is 0 Å². The lowest BCUT2D eigenvalue weighted by Gasteiger charge is -2.44. The van der Waals surface area contributed by atoms with Gasteiger partial charge in [-0.15, -0.1) is 0 Å². The highest BCUT2D eigenvalue weighted by Gasteiger charge is 2.44. The zero-order chi connectivity index (χ0) is 29.8. The molecule has 5 aromatic rings. The number of fused-ring (bicyclic) bond motifs is 2. The van der Waals surface area contributed by atoms with Crippen LogP contribution >= 0.6 is 0 Å². The number of aryl methyl sites for hydroxylation is 1.